The fraction of sp³-hybridized carbons (Fsp3) is 0.400. The molecule has 1 aromatic heterocycles. The van der Waals surface area contributed by atoms with Crippen LogP contribution in [0.5, 0.6) is 0 Å². The molecule has 1 fully saturated rings. The summed E-state index contributed by atoms with van der Waals surface area (Å²) in [6.45, 7) is 8.14. The molecule has 0 spiro atoms. The summed E-state index contributed by atoms with van der Waals surface area (Å²) in [6.07, 6.45) is 3.68. The fourth-order valence-electron chi connectivity index (χ4n) is 2.20. The Kier molecular flexibility index (Phi) is 3.39. The van der Waals surface area contributed by atoms with Crippen LogP contribution in [0.4, 0.5) is 0 Å². The third kappa shape index (κ3) is 2.61. The Bertz CT molecular complexity index is 653. The molecule has 110 valence electrons. The van der Waals surface area contributed by atoms with Gasteiger partial charge in [0.1, 0.15) is 0 Å². The zero-order valence-corrected chi connectivity index (χ0v) is 13.4. The van der Waals surface area contributed by atoms with E-state index in [1.54, 1.807) is 10.9 Å². The molecule has 1 aliphatic rings. The van der Waals surface area contributed by atoms with E-state index in [2.05, 4.69) is 5.10 Å². The molecule has 0 unspecified atom stereocenters. The van der Waals surface area contributed by atoms with E-state index in [1.165, 1.54) is 0 Å². The Morgan fingerprint density at radius 2 is 1.81 bits per heavy atom. The molecule has 21 heavy (non-hydrogen) atoms. The molecule has 0 aliphatic carbocycles. The first-order valence-corrected chi connectivity index (χ1v) is 7.32. The monoisotopic (exact) mass is 304 g/mol. The Labute approximate surface area is 130 Å². The van der Waals surface area contributed by atoms with Gasteiger partial charge < -0.3 is 9.31 Å². The summed E-state index contributed by atoms with van der Waals surface area (Å²) in [7, 11) is -0.400. The van der Waals surface area contributed by atoms with Crippen molar-refractivity contribution >= 4 is 24.2 Å². The summed E-state index contributed by atoms with van der Waals surface area (Å²) >= 11 is 6.01. The fourth-order valence-corrected chi connectivity index (χ4v) is 2.38. The first-order valence-electron chi connectivity index (χ1n) is 6.95. The summed E-state index contributed by atoms with van der Waals surface area (Å²) in [5.74, 6) is 0. The van der Waals surface area contributed by atoms with Crippen molar-refractivity contribution in [2.24, 2.45) is 0 Å². The Balaban J connectivity index is 1.87. The molecule has 1 aromatic carbocycles. The van der Waals surface area contributed by atoms with Crippen LogP contribution < -0.4 is 5.46 Å². The van der Waals surface area contributed by atoms with Crippen LogP contribution >= 0.6 is 11.6 Å². The number of nitrogens with zero attached hydrogens (tertiary/aromatic N) is 2. The summed E-state index contributed by atoms with van der Waals surface area (Å²) < 4.78 is 13.8. The molecule has 2 heterocycles. The molecule has 0 saturated carbocycles. The standard InChI is InChI=1S/C15H18BClN2O2/c1-14(2)15(3,4)21-16(20-14)11-9-18-19(10-11)13-7-5-6-12(17)8-13/h5-10H,1-4H3. The van der Waals surface area contributed by atoms with Gasteiger partial charge >= 0.3 is 7.12 Å². The van der Waals surface area contributed by atoms with Crippen LogP contribution in [0.25, 0.3) is 5.69 Å². The second-order valence-corrected chi connectivity index (χ2v) is 6.72. The Morgan fingerprint density at radius 1 is 1.14 bits per heavy atom. The maximum Gasteiger partial charge on any atom is 0.498 e. The van der Waals surface area contributed by atoms with Gasteiger partial charge in [-0.3, -0.25) is 0 Å². The smallest absolute Gasteiger partial charge is 0.399 e. The minimum Gasteiger partial charge on any atom is -0.399 e. The maximum atomic E-state index is 6.02. The number of halogens is 1. The van der Waals surface area contributed by atoms with Crippen LogP contribution in [0, 0.1) is 0 Å². The molecule has 0 bridgehead atoms. The Morgan fingerprint density at radius 3 is 2.43 bits per heavy atom. The van der Waals surface area contributed by atoms with Gasteiger partial charge in [0, 0.05) is 22.9 Å². The molecule has 4 nitrogen and oxygen atoms in total. The third-order valence-corrected chi connectivity index (χ3v) is 4.44. The molecular formula is C15H18BClN2O2. The maximum absolute atomic E-state index is 6.02. The van der Waals surface area contributed by atoms with E-state index < -0.39 is 7.12 Å². The van der Waals surface area contributed by atoms with Gasteiger partial charge in [0.2, 0.25) is 0 Å². The lowest BCUT2D eigenvalue weighted by molar-refractivity contribution is 0.00578. The van der Waals surface area contributed by atoms with Crippen LogP contribution in [0.3, 0.4) is 0 Å². The lowest BCUT2D eigenvalue weighted by Crippen LogP contribution is -2.41. The zero-order valence-electron chi connectivity index (χ0n) is 12.6. The van der Waals surface area contributed by atoms with Gasteiger partial charge in [-0.1, -0.05) is 17.7 Å². The minimum atomic E-state index is -0.400. The van der Waals surface area contributed by atoms with E-state index in [1.807, 2.05) is 58.2 Å². The van der Waals surface area contributed by atoms with Gasteiger partial charge in [0.05, 0.1) is 16.9 Å². The van der Waals surface area contributed by atoms with Gasteiger partial charge in [-0.15, -0.1) is 0 Å². The molecule has 2 aromatic rings. The van der Waals surface area contributed by atoms with Crippen molar-refractivity contribution in [2.75, 3.05) is 0 Å². The number of hydrogen-bond donors (Lipinski definition) is 0. The molecule has 1 saturated heterocycles. The number of benzene rings is 1. The summed E-state index contributed by atoms with van der Waals surface area (Å²) in [5, 5.41) is 5.05. The van der Waals surface area contributed by atoms with Crippen molar-refractivity contribution in [1.29, 1.82) is 0 Å². The number of hydrogen-bond acceptors (Lipinski definition) is 3. The molecule has 0 radical (unpaired) electrons. The second-order valence-electron chi connectivity index (χ2n) is 6.29. The predicted molar refractivity (Wildman–Crippen MR) is 84.3 cm³/mol. The van der Waals surface area contributed by atoms with Crippen molar-refractivity contribution in [2.45, 2.75) is 38.9 Å². The van der Waals surface area contributed by atoms with Crippen molar-refractivity contribution in [1.82, 2.24) is 9.78 Å². The predicted octanol–water partition coefficient (Wildman–Crippen LogP) is 2.82. The topological polar surface area (TPSA) is 36.3 Å². The largest absolute Gasteiger partial charge is 0.498 e. The molecule has 1 aliphatic heterocycles. The van der Waals surface area contributed by atoms with Crippen LogP contribution in [-0.2, 0) is 9.31 Å². The van der Waals surface area contributed by atoms with Crippen molar-refractivity contribution in [3.05, 3.63) is 41.7 Å². The molecule has 0 amide bonds. The highest BCUT2D eigenvalue weighted by Gasteiger charge is 2.52. The normalized spacial score (nSPS) is 20.0. The van der Waals surface area contributed by atoms with Gasteiger partial charge in [0.15, 0.2) is 0 Å². The van der Waals surface area contributed by atoms with E-state index >= 15 is 0 Å². The average molecular weight is 305 g/mol. The van der Waals surface area contributed by atoms with Crippen molar-refractivity contribution in [3.63, 3.8) is 0 Å². The highest BCUT2D eigenvalue weighted by molar-refractivity contribution is 6.62. The minimum absolute atomic E-state index is 0.351. The van der Waals surface area contributed by atoms with Crippen LogP contribution in [0.2, 0.25) is 5.02 Å². The lowest BCUT2D eigenvalue weighted by Gasteiger charge is -2.32. The quantitative estimate of drug-likeness (QED) is 0.801. The van der Waals surface area contributed by atoms with Crippen LogP contribution in [0.1, 0.15) is 27.7 Å². The molecule has 0 N–H and O–H groups in total. The van der Waals surface area contributed by atoms with Crippen molar-refractivity contribution < 1.29 is 9.31 Å². The molecule has 0 atom stereocenters. The second kappa shape index (κ2) is 4.87. The van der Waals surface area contributed by atoms with Gasteiger partial charge in [0.25, 0.3) is 0 Å². The van der Waals surface area contributed by atoms with E-state index in [9.17, 15) is 0 Å². The molecule has 3 rings (SSSR count). The van der Waals surface area contributed by atoms with E-state index in [4.69, 9.17) is 20.9 Å². The van der Waals surface area contributed by atoms with E-state index in [0.29, 0.717) is 5.02 Å². The summed E-state index contributed by atoms with van der Waals surface area (Å²) in [6, 6.07) is 7.55. The highest BCUT2D eigenvalue weighted by atomic mass is 35.5. The summed E-state index contributed by atoms with van der Waals surface area (Å²) in [4.78, 5) is 0. The first-order chi connectivity index (χ1) is 9.78. The average Bonchev–Trinajstić information content (AvgIpc) is 2.93. The van der Waals surface area contributed by atoms with Gasteiger partial charge in [-0.05, 0) is 45.9 Å². The Hall–Kier alpha value is -1.30. The number of rotatable bonds is 2. The molecule has 6 heteroatoms. The first kappa shape index (κ1) is 14.6. The zero-order chi connectivity index (χ0) is 15.3. The van der Waals surface area contributed by atoms with Gasteiger partial charge in [-0.2, -0.15) is 5.10 Å². The van der Waals surface area contributed by atoms with Gasteiger partial charge in [-0.25, -0.2) is 4.68 Å². The van der Waals surface area contributed by atoms with E-state index in [-0.39, 0.29) is 11.2 Å². The molecular weight excluding hydrogens is 286 g/mol. The van der Waals surface area contributed by atoms with E-state index in [0.717, 1.165) is 11.2 Å². The highest BCUT2D eigenvalue weighted by Crippen LogP contribution is 2.36. The third-order valence-electron chi connectivity index (χ3n) is 4.20. The lowest BCUT2D eigenvalue weighted by atomic mass is 9.82. The summed E-state index contributed by atoms with van der Waals surface area (Å²) in [5.41, 5.74) is 1.10. The van der Waals surface area contributed by atoms with Crippen molar-refractivity contribution in [3.8, 4) is 5.69 Å². The van der Waals surface area contributed by atoms with Crippen LogP contribution in [-0.4, -0.2) is 28.1 Å². The SMILES string of the molecule is CC1(C)OB(c2cnn(-c3cccc(Cl)c3)c2)OC1(C)C. The van der Waals surface area contributed by atoms with Crippen LogP contribution in [0.15, 0.2) is 36.7 Å². The number of aromatic nitrogens is 2.